The fraction of sp³-hybridized carbons (Fsp3) is 0.600. The Morgan fingerprint density at radius 1 is 1.33 bits per heavy atom. The molecule has 0 spiro atoms. The van der Waals surface area contributed by atoms with Crippen LogP contribution in [0.3, 0.4) is 0 Å². The van der Waals surface area contributed by atoms with Gasteiger partial charge < -0.3 is 5.32 Å². The number of hydrogen-bond acceptors (Lipinski definition) is 3. The molecule has 0 bridgehead atoms. The Balaban J connectivity index is 1.89. The fourth-order valence-corrected chi connectivity index (χ4v) is 4.52. The van der Waals surface area contributed by atoms with Crippen molar-refractivity contribution in [3.8, 4) is 0 Å². The van der Waals surface area contributed by atoms with Crippen molar-refractivity contribution in [3.63, 3.8) is 0 Å². The van der Waals surface area contributed by atoms with Crippen molar-refractivity contribution >= 4 is 10.0 Å². The second-order valence-electron chi connectivity index (χ2n) is 6.16. The third-order valence-corrected chi connectivity index (χ3v) is 6.14. The molecular weight excluding hydrogens is 291 g/mol. The lowest BCUT2D eigenvalue weighted by Gasteiger charge is -2.19. The lowest BCUT2D eigenvalue weighted by atomic mass is 10.2. The van der Waals surface area contributed by atoms with Crippen LogP contribution in [0, 0.1) is 11.7 Å². The number of sulfonamides is 1. The van der Waals surface area contributed by atoms with Crippen LogP contribution < -0.4 is 5.32 Å². The molecule has 21 heavy (non-hydrogen) atoms. The second kappa shape index (κ2) is 5.66. The van der Waals surface area contributed by atoms with E-state index in [1.54, 1.807) is 6.07 Å². The van der Waals surface area contributed by atoms with Crippen LogP contribution in [0.2, 0.25) is 0 Å². The first-order valence-electron chi connectivity index (χ1n) is 7.49. The molecule has 1 aliphatic carbocycles. The van der Waals surface area contributed by atoms with Crippen molar-refractivity contribution < 1.29 is 12.8 Å². The first-order chi connectivity index (χ1) is 9.96. The topological polar surface area (TPSA) is 49.4 Å². The molecule has 1 N–H and O–H groups in total. The molecule has 1 saturated heterocycles. The Morgan fingerprint density at radius 3 is 2.71 bits per heavy atom. The van der Waals surface area contributed by atoms with Crippen molar-refractivity contribution in [1.82, 2.24) is 9.62 Å². The monoisotopic (exact) mass is 312 g/mol. The Labute approximate surface area is 125 Å². The van der Waals surface area contributed by atoms with Gasteiger partial charge in [-0.05, 0) is 42.9 Å². The summed E-state index contributed by atoms with van der Waals surface area (Å²) >= 11 is 0. The summed E-state index contributed by atoms with van der Waals surface area (Å²) in [6.45, 7) is 3.56. The predicted octanol–water partition coefficient (Wildman–Crippen LogP) is 2.11. The zero-order valence-corrected chi connectivity index (χ0v) is 13.0. The first kappa shape index (κ1) is 14.9. The molecule has 0 aromatic heterocycles. The molecule has 4 nitrogen and oxygen atoms in total. The molecule has 2 fully saturated rings. The summed E-state index contributed by atoms with van der Waals surface area (Å²) in [6.07, 6.45) is 3.13. The van der Waals surface area contributed by atoms with Gasteiger partial charge in [0.1, 0.15) is 5.82 Å². The summed E-state index contributed by atoms with van der Waals surface area (Å²) in [7, 11) is -3.60. The quantitative estimate of drug-likeness (QED) is 0.906. The van der Waals surface area contributed by atoms with Gasteiger partial charge in [0.15, 0.2) is 0 Å². The van der Waals surface area contributed by atoms with Crippen molar-refractivity contribution in [2.45, 2.75) is 43.7 Å². The molecule has 1 aliphatic heterocycles. The maximum absolute atomic E-state index is 13.5. The van der Waals surface area contributed by atoms with Gasteiger partial charge in [-0.15, -0.1) is 0 Å². The normalized spacial score (nSPS) is 23.6. The maximum Gasteiger partial charge on any atom is 0.243 e. The van der Waals surface area contributed by atoms with E-state index in [1.165, 1.54) is 10.4 Å². The third kappa shape index (κ3) is 3.27. The molecule has 1 aromatic carbocycles. The second-order valence-corrected chi connectivity index (χ2v) is 8.07. The van der Waals surface area contributed by atoms with Gasteiger partial charge in [0, 0.05) is 25.7 Å². The van der Waals surface area contributed by atoms with E-state index in [0.717, 1.165) is 25.3 Å². The summed E-state index contributed by atoms with van der Waals surface area (Å²) in [5, 5.41) is 3.30. The van der Waals surface area contributed by atoms with Crippen LogP contribution in [0.5, 0.6) is 0 Å². The zero-order chi connectivity index (χ0) is 15.0. The Kier molecular flexibility index (Phi) is 4.03. The van der Waals surface area contributed by atoms with Gasteiger partial charge in [-0.2, -0.15) is 4.31 Å². The third-order valence-electron chi connectivity index (χ3n) is 4.19. The minimum Gasteiger partial charge on any atom is -0.310 e. The minimum atomic E-state index is -3.60. The number of nitrogens with zero attached hydrogens (tertiary/aromatic N) is 1. The van der Waals surface area contributed by atoms with Crippen molar-refractivity contribution in [3.05, 3.63) is 29.6 Å². The molecule has 1 unspecified atom stereocenters. The van der Waals surface area contributed by atoms with E-state index in [1.807, 2.05) is 6.92 Å². The van der Waals surface area contributed by atoms with Crippen LogP contribution in [-0.2, 0) is 16.6 Å². The van der Waals surface area contributed by atoms with Crippen LogP contribution in [0.1, 0.15) is 31.7 Å². The average molecular weight is 312 g/mol. The van der Waals surface area contributed by atoms with Gasteiger partial charge in [0.05, 0.1) is 4.90 Å². The zero-order valence-electron chi connectivity index (χ0n) is 12.2. The highest BCUT2D eigenvalue weighted by Crippen LogP contribution is 2.27. The van der Waals surface area contributed by atoms with E-state index in [9.17, 15) is 12.8 Å². The number of halogens is 1. The van der Waals surface area contributed by atoms with E-state index in [2.05, 4.69) is 5.32 Å². The standard InChI is InChI=1S/C15H21FN2O2S/c1-11-6-7-18(10-11)21(19,20)15-8-13(16)3-2-12(15)9-17-14-4-5-14/h2-3,8,11,14,17H,4-7,9-10H2,1H3. The number of hydrogen-bond donors (Lipinski definition) is 1. The number of rotatable bonds is 5. The van der Waals surface area contributed by atoms with Gasteiger partial charge in [-0.25, -0.2) is 12.8 Å². The first-order valence-corrected chi connectivity index (χ1v) is 8.93. The van der Waals surface area contributed by atoms with E-state index in [0.29, 0.717) is 37.2 Å². The molecule has 2 aliphatic rings. The molecule has 116 valence electrons. The van der Waals surface area contributed by atoms with Crippen molar-refractivity contribution in [1.29, 1.82) is 0 Å². The average Bonchev–Trinajstić information content (AvgIpc) is 3.17. The van der Waals surface area contributed by atoms with Crippen LogP contribution >= 0.6 is 0 Å². The lowest BCUT2D eigenvalue weighted by Crippen LogP contribution is -2.30. The summed E-state index contributed by atoms with van der Waals surface area (Å²) < 4.78 is 40.5. The van der Waals surface area contributed by atoms with E-state index < -0.39 is 15.8 Å². The molecule has 1 saturated carbocycles. The molecule has 1 atom stereocenters. The van der Waals surface area contributed by atoms with E-state index >= 15 is 0 Å². The van der Waals surface area contributed by atoms with Crippen LogP contribution in [-0.4, -0.2) is 31.9 Å². The largest absolute Gasteiger partial charge is 0.310 e. The van der Waals surface area contributed by atoms with Crippen molar-refractivity contribution in [2.75, 3.05) is 13.1 Å². The highest BCUT2D eigenvalue weighted by molar-refractivity contribution is 7.89. The SMILES string of the molecule is CC1CCN(S(=O)(=O)c2cc(F)ccc2CNC2CC2)C1. The molecule has 0 radical (unpaired) electrons. The summed E-state index contributed by atoms with van der Waals surface area (Å²) in [4.78, 5) is 0.116. The van der Waals surface area contributed by atoms with Gasteiger partial charge in [0.25, 0.3) is 0 Å². The van der Waals surface area contributed by atoms with E-state index in [4.69, 9.17) is 0 Å². The molecule has 6 heteroatoms. The van der Waals surface area contributed by atoms with Gasteiger partial charge in [-0.3, -0.25) is 0 Å². The Morgan fingerprint density at radius 2 is 2.10 bits per heavy atom. The van der Waals surface area contributed by atoms with E-state index in [-0.39, 0.29) is 4.90 Å². The van der Waals surface area contributed by atoms with Crippen LogP contribution in [0.4, 0.5) is 4.39 Å². The maximum atomic E-state index is 13.5. The molecule has 0 amide bonds. The minimum absolute atomic E-state index is 0.116. The van der Waals surface area contributed by atoms with Gasteiger partial charge in [0.2, 0.25) is 10.0 Å². The smallest absolute Gasteiger partial charge is 0.243 e. The van der Waals surface area contributed by atoms with Crippen molar-refractivity contribution in [2.24, 2.45) is 5.92 Å². The predicted molar refractivity (Wildman–Crippen MR) is 78.8 cm³/mol. The highest BCUT2D eigenvalue weighted by Gasteiger charge is 2.32. The van der Waals surface area contributed by atoms with Gasteiger partial charge in [-0.1, -0.05) is 13.0 Å². The number of benzene rings is 1. The fourth-order valence-electron chi connectivity index (χ4n) is 2.71. The molecular formula is C15H21FN2O2S. The summed E-state index contributed by atoms with van der Waals surface area (Å²) in [5.41, 5.74) is 0.655. The van der Waals surface area contributed by atoms with Crippen LogP contribution in [0.25, 0.3) is 0 Å². The number of nitrogens with one attached hydrogen (secondary N) is 1. The Bertz CT molecular complexity index is 629. The lowest BCUT2D eigenvalue weighted by molar-refractivity contribution is 0.462. The summed E-state index contributed by atoms with van der Waals surface area (Å²) in [6, 6.07) is 4.55. The van der Waals surface area contributed by atoms with Crippen LogP contribution in [0.15, 0.2) is 23.1 Å². The molecule has 1 heterocycles. The molecule has 1 aromatic rings. The Hall–Kier alpha value is -0.980. The van der Waals surface area contributed by atoms with Gasteiger partial charge >= 0.3 is 0 Å². The highest BCUT2D eigenvalue weighted by atomic mass is 32.2. The molecule has 3 rings (SSSR count). The summed E-state index contributed by atoms with van der Waals surface area (Å²) in [5.74, 6) is -0.141.